The van der Waals surface area contributed by atoms with Gasteiger partial charge in [-0.05, 0) is 37.8 Å². The fraction of sp³-hybridized carbons (Fsp3) is 0.280. The van der Waals surface area contributed by atoms with Crippen LogP contribution in [0.3, 0.4) is 0 Å². The van der Waals surface area contributed by atoms with Crippen LogP contribution in [-0.4, -0.2) is 32.9 Å². The van der Waals surface area contributed by atoms with E-state index in [4.69, 9.17) is 4.98 Å². The number of imidazole rings is 1. The molecule has 2 aromatic carbocycles. The maximum absolute atomic E-state index is 13.1. The standard InChI is InChI=1S/C25H26N4OS/c1-17-7-6-8-18(2)23(17)27-24(30)28(20-11-12-20)14-13-21-16-31-25-26-22(15-29(21)25)19-9-4-3-5-10-19/h3-10,15-16,20H,11-14H2,1-2H3,(H,27,30). The number of anilines is 1. The van der Waals surface area contributed by atoms with Crippen LogP contribution in [0.25, 0.3) is 16.2 Å². The predicted octanol–water partition coefficient (Wildman–Crippen LogP) is 5.92. The highest BCUT2D eigenvalue weighted by Crippen LogP contribution is 2.29. The number of fused-ring (bicyclic) bond motifs is 1. The Labute approximate surface area is 186 Å². The maximum atomic E-state index is 13.1. The first-order valence-corrected chi connectivity index (χ1v) is 11.6. The third-order valence-electron chi connectivity index (χ3n) is 5.92. The number of benzene rings is 2. The summed E-state index contributed by atoms with van der Waals surface area (Å²) in [4.78, 5) is 20.9. The molecule has 1 saturated carbocycles. The molecule has 2 heterocycles. The van der Waals surface area contributed by atoms with Crippen LogP contribution >= 0.6 is 11.3 Å². The SMILES string of the molecule is Cc1cccc(C)c1NC(=O)N(CCc1csc2nc(-c3ccccc3)cn12)C1CC1. The van der Waals surface area contributed by atoms with E-state index in [0.717, 1.165) is 52.3 Å². The summed E-state index contributed by atoms with van der Waals surface area (Å²) in [5.74, 6) is 0. The summed E-state index contributed by atoms with van der Waals surface area (Å²) in [6.45, 7) is 4.77. The average molecular weight is 431 g/mol. The second-order valence-corrected chi connectivity index (χ2v) is 9.08. The average Bonchev–Trinajstić information content (AvgIpc) is 3.40. The number of thiazole rings is 1. The molecule has 0 saturated heterocycles. The number of nitrogens with one attached hydrogen (secondary N) is 1. The highest BCUT2D eigenvalue weighted by Gasteiger charge is 2.32. The van der Waals surface area contributed by atoms with Crippen LogP contribution < -0.4 is 5.32 Å². The van der Waals surface area contributed by atoms with E-state index < -0.39 is 0 Å². The van der Waals surface area contributed by atoms with Gasteiger partial charge >= 0.3 is 6.03 Å². The van der Waals surface area contributed by atoms with Gasteiger partial charge in [-0.1, -0.05) is 48.5 Å². The van der Waals surface area contributed by atoms with Crippen LogP contribution in [0.2, 0.25) is 0 Å². The summed E-state index contributed by atoms with van der Waals surface area (Å²) in [6.07, 6.45) is 5.08. The molecule has 4 aromatic rings. The van der Waals surface area contributed by atoms with Crippen molar-refractivity contribution in [3.63, 3.8) is 0 Å². The van der Waals surface area contributed by atoms with E-state index in [1.165, 1.54) is 5.69 Å². The second-order valence-electron chi connectivity index (χ2n) is 8.24. The molecule has 2 amide bonds. The number of carbonyl (C=O) groups is 1. The van der Waals surface area contributed by atoms with E-state index in [2.05, 4.69) is 33.4 Å². The van der Waals surface area contributed by atoms with Gasteiger partial charge in [0, 0.05) is 47.5 Å². The number of amides is 2. The van der Waals surface area contributed by atoms with Crippen molar-refractivity contribution in [2.45, 2.75) is 39.2 Å². The van der Waals surface area contributed by atoms with Crippen LogP contribution in [-0.2, 0) is 6.42 Å². The number of para-hydroxylation sites is 1. The molecule has 31 heavy (non-hydrogen) atoms. The molecule has 1 aliphatic rings. The maximum Gasteiger partial charge on any atom is 0.322 e. The van der Waals surface area contributed by atoms with Crippen molar-refractivity contribution in [1.29, 1.82) is 0 Å². The van der Waals surface area contributed by atoms with Crippen molar-refractivity contribution in [2.75, 3.05) is 11.9 Å². The van der Waals surface area contributed by atoms with Crippen LogP contribution in [0.5, 0.6) is 0 Å². The highest BCUT2D eigenvalue weighted by atomic mass is 32.1. The van der Waals surface area contributed by atoms with Gasteiger partial charge in [-0.3, -0.25) is 4.40 Å². The second kappa shape index (κ2) is 8.19. The summed E-state index contributed by atoms with van der Waals surface area (Å²) < 4.78 is 2.17. The summed E-state index contributed by atoms with van der Waals surface area (Å²) >= 11 is 1.65. The van der Waals surface area contributed by atoms with Crippen molar-refractivity contribution in [1.82, 2.24) is 14.3 Å². The minimum absolute atomic E-state index is 0.00183. The lowest BCUT2D eigenvalue weighted by atomic mass is 10.1. The van der Waals surface area contributed by atoms with Crippen molar-refractivity contribution < 1.29 is 4.79 Å². The Bertz CT molecular complexity index is 1200. The number of rotatable bonds is 6. The van der Waals surface area contributed by atoms with E-state index in [0.29, 0.717) is 12.6 Å². The molecule has 0 bridgehead atoms. The van der Waals surface area contributed by atoms with Crippen molar-refractivity contribution in [3.8, 4) is 11.3 Å². The van der Waals surface area contributed by atoms with Crippen molar-refractivity contribution in [3.05, 3.63) is 76.9 Å². The van der Waals surface area contributed by atoms with Gasteiger partial charge in [0.25, 0.3) is 0 Å². The molecular formula is C25H26N4OS. The lowest BCUT2D eigenvalue weighted by Gasteiger charge is -2.24. The molecular weight excluding hydrogens is 404 g/mol. The molecule has 0 spiro atoms. The van der Waals surface area contributed by atoms with Gasteiger partial charge in [-0.2, -0.15) is 0 Å². The van der Waals surface area contributed by atoms with Gasteiger partial charge in [-0.25, -0.2) is 9.78 Å². The summed E-state index contributed by atoms with van der Waals surface area (Å²) in [5, 5.41) is 5.32. The van der Waals surface area contributed by atoms with E-state index >= 15 is 0 Å². The van der Waals surface area contributed by atoms with Gasteiger partial charge in [-0.15, -0.1) is 11.3 Å². The normalized spacial score (nSPS) is 13.5. The molecule has 158 valence electrons. The van der Waals surface area contributed by atoms with Crippen LogP contribution in [0.15, 0.2) is 60.1 Å². The molecule has 0 aliphatic heterocycles. The molecule has 5 rings (SSSR count). The lowest BCUT2D eigenvalue weighted by molar-refractivity contribution is 0.209. The molecule has 1 N–H and O–H groups in total. The van der Waals surface area contributed by atoms with Gasteiger partial charge in [0.15, 0.2) is 4.96 Å². The Morgan fingerprint density at radius 3 is 2.58 bits per heavy atom. The van der Waals surface area contributed by atoms with Crippen LogP contribution in [0.1, 0.15) is 29.7 Å². The predicted molar refractivity (Wildman–Crippen MR) is 127 cm³/mol. The minimum atomic E-state index is 0.00183. The van der Waals surface area contributed by atoms with Crippen LogP contribution in [0, 0.1) is 13.8 Å². The zero-order valence-electron chi connectivity index (χ0n) is 17.8. The first-order chi connectivity index (χ1) is 15.1. The van der Waals surface area contributed by atoms with E-state index in [-0.39, 0.29) is 6.03 Å². The fourth-order valence-electron chi connectivity index (χ4n) is 4.02. The molecule has 0 unspecified atom stereocenters. The third kappa shape index (κ3) is 4.08. The summed E-state index contributed by atoms with van der Waals surface area (Å²) in [6, 6.07) is 16.7. The fourth-order valence-corrected chi connectivity index (χ4v) is 4.93. The Morgan fingerprint density at radius 1 is 1.13 bits per heavy atom. The van der Waals surface area contributed by atoms with E-state index in [1.807, 2.05) is 55.1 Å². The third-order valence-corrected chi connectivity index (χ3v) is 6.81. The molecule has 0 radical (unpaired) electrons. The number of nitrogens with zero attached hydrogens (tertiary/aromatic N) is 3. The lowest BCUT2D eigenvalue weighted by Crippen LogP contribution is -2.38. The van der Waals surface area contributed by atoms with Gasteiger partial charge < -0.3 is 10.2 Å². The highest BCUT2D eigenvalue weighted by molar-refractivity contribution is 7.15. The number of aromatic nitrogens is 2. The largest absolute Gasteiger partial charge is 0.322 e. The molecule has 5 nitrogen and oxygen atoms in total. The Kier molecular flexibility index (Phi) is 5.24. The van der Waals surface area contributed by atoms with E-state index in [1.54, 1.807) is 11.3 Å². The number of aryl methyl sites for hydroxylation is 2. The molecule has 0 atom stereocenters. The zero-order valence-corrected chi connectivity index (χ0v) is 18.7. The smallest absolute Gasteiger partial charge is 0.321 e. The summed E-state index contributed by atoms with van der Waals surface area (Å²) in [7, 11) is 0. The Balaban J connectivity index is 1.32. The monoisotopic (exact) mass is 430 g/mol. The Morgan fingerprint density at radius 2 is 1.87 bits per heavy atom. The molecule has 1 aliphatic carbocycles. The van der Waals surface area contributed by atoms with Crippen molar-refractivity contribution in [2.24, 2.45) is 0 Å². The number of hydrogen-bond donors (Lipinski definition) is 1. The van der Waals surface area contributed by atoms with Crippen molar-refractivity contribution >= 4 is 28.0 Å². The zero-order chi connectivity index (χ0) is 21.4. The van der Waals surface area contributed by atoms with Crippen LogP contribution in [0.4, 0.5) is 10.5 Å². The molecule has 2 aromatic heterocycles. The first kappa shape index (κ1) is 19.8. The molecule has 1 fully saturated rings. The van der Waals surface area contributed by atoms with Gasteiger partial charge in [0.1, 0.15) is 0 Å². The number of urea groups is 1. The Hall–Kier alpha value is -3.12. The summed E-state index contributed by atoms with van der Waals surface area (Å²) in [5.41, 5.74) is 6.42. The van der Waals surface area contributed by atoms with Gasteiger partial charge in [0.05, 0.1) is 5.69 Å². The van der Waals surface area contributed by atoms with Gasteiger partial charge in [0.2, 0.25) is 0 Å². The number of hydrogen-bond acceptors (Lipinski definition) is 3. The van der Waals surface area contributed by atoms with E-state index in [9.17, 15) is 4.79 Å². The minimum Gasteiger partial charge on any atom is -0.321 e. The quantitative estimate of drug-likeness (QED) is 0.413. The topological polar surface area (TPSA) is 49.6 Å². The first-order valence-electron chi connectivity index (χ1n) is 10.7. The number of carbonyl (C=O) groups excluding carboxylic acids is 1. The molecule has 6 heteroatoms.